The minimum Gasteiger partial charge on any atom is -0.497 e. The summed E-state index contributed by atoms with van der Waals surface area (Å²) >= 11 is 7.01. The maximum atomic E-state index is 5.29. The van der Waals surface area contributed by atoms with Crippen molar-refractivity contribution < 1.29 is 9.47 Å². The molecular formula is C15H15Br2NO2. The quantitative estimate of drug-likeness (QED) is 0.778. The normalized spacial score (nSPS) is 10.2. The highest BCUT2D eigenvalue weighted by Crippen LogP contribution is 2.34. The minimum atomic E-state index is 0.717. The van der Waals surface area contributed by atoms with Gasteiger partial charge in [-0.25, -0.2) is 0 Å². The number of ether oxygens (including phenoxy) is 2. The predicted molar refractivity (Wildman–Crippen MR) is 88.7 cm³/mol. The second-order valence-electron chi connectivity index (χ2n) is 4.18. The molecule has 2 aromatic carbocycles. The first-order valence-electron chi connectivity index (χ1n) is 6.04. The van der Waals surface area contributed by atoms with Crippen LogP contribution in [0.25, 0.3) is 0 Å². The molecule has 20 heavy (non-hydrogen) atoms. The number of benzene rings is 2. The summed E-state index contributed by atoms with van der Waals surface area (Å²) in [5.74, 6) is 1.64. The third-order valence-electron chi connectivity index (χ3n) is 2.83. The lowest BCUT2D eigenvalue weighted by atomic mass is 10.2. The minimum absolute atomic E-state index is 0.717. The molecule has 0 saturated carbocycles. The summed E-state index contributed by atoms with van der Waals surface area (Å²) in [6.45, 7) is 0.717. The van der Waals surface area contributed by atoms with Gasteiger partial charge in [-0.1, -0.05) is 6.07 Å². The van der Waals surface area contributed by atoms with Gasteiger partial charge >= 0.3 is 0 Å². The molecule has 0 aliphatic carbocycles. The Morgan fingerprint density at radius 1 is 1.00 bits per heavy atom. The lowest BCUT2D eigenvalue weighted by molar-refractivity contribution is 0.409. The van der Waals surface area contributed by atoms with Crippen LogP contribution in [0.2, 0.25) is 0 Å². The van der Waals surface area contributed by atoms with Gasteiger partial charge in [-0.05, 0) is 61.7 Å². The van der Waals surface area contributed by atoms with Gasteiger partial charge in [0.05, 0.1) is 23.2 Å². The van der Waals surface area contributed by atoms with E-state index in [2.05, 4.69) is 37.2 Å². The first-order chi connectivity index (χ1) is 9.63. The van der Waals surface area contributed by atoms with Crippen molar-refractivity contribution in [1.82, 2.24) is 0 Å². The molecule has 0 saturated heterocycles. The van der Waals surface area contributed by atoms with Crippen molar-refractivity contribution in [3.63, 3.8) is 0 Å². The van der Waals surface area contributed by atoms with E-state index < -0.39 is 0 Å². The van der Waals surface area contributed by atoms with Crippen LogP contribution in [0.5, 0.6) is 11.5 Å². The maximum Gasteiger partial charge on any atom is 0.147 e. The Kier molecular flexibility index (Phi) is 5.31. The van der Waals surface area contributed by atoms with Crippen LogP contribution in [0.1, 0.15) is 5.56 Å². The average molecular weight is 401 g/mol. The lowest BCUT2D eigenvalue weighted by Gasteiger charge is -2.11. The topological polar surface area (TPSA) is 30.5 Å². The highest BCUT2D eigenvalue weighted by molar-refractivity contribution is 9.11. The van der Waals surface area contributed by atoms with Crippen LogP contribution in [-0.4, -0.2) is 14.2 Å². The van der Waals surface area contributed by atoms with E-state index in [1.54, 1.807) is 14.2 Å². The number of methoxy groups -OCH3 is 2. The number of hydrogen-bond donors (Lipinski definition) is 1. The molecule has 0 amide bonds. The van der Waals surface area contributed by atoms with E-state index in [4.69, 9.17) is 9.47 Å². The van der Waals surface area contributed by atoms with E-state index in [1.807, 2.05) is 36.4 Å². The fourth-order valence-electron chi connectivity index (χ4n) is 1.85. The second-order valence-corrected chi connectivity index (χ2v) is 5.89. The van der Waals surface area contributed by atoms with Gasteiger partial charge in [-0.15, -0.1) is 0 Å². The number of halogens is 2. The van der Waals surface area contributed by atoms with Gasteiger partial charge in [0.15, 0.2) is 0 Å². The molecule has 2 rings (SSSR count). The van der Waals surface area contributed by atoms with Crippen molar-refractivity contribution in [3.05, 3.63) is 50.9 Å². The molecule has 2 aromatic rings. The standard InChI is InChI=1S/C15H15Br2NO2/c1-19-12-5-3-4-11(8-12)18-9-10-6-13(16)15(20-2)14(17)7-10/h3-8,18H,9H2,1-2H3. The van der Waals surface area contributed by atoms with E-state index in [9.17, 15) is 0 Å². The van der Waals surface area contributed by atoms with E-state index >= 15 is 0 Å². The molecule has 0 atom stereocenters. The summed E-state index contributed by atoms with van der Waals surface area (Å²) in [7, 11) is 3.32. The molecule has 0 radical (unpaired) electrons. The van der Waals surface area contributed by atoms with E-state index in [0.717, 1.165) is 31.7 Å². The van der Waals surface area contributed by atoms with Crippen molar-refractivity contribution in [3.8, 4) is 11.5 Å². The van der Waals surface area contributed by atoms with Crippen LogP contribution in [0, 0.1) is 0 Å². The van der Waals surface area contributed by atoms with Gasteiger partial charge in [-0.2, -0.15) is 0 Å². The SMILES string of the molecule is COc1cccc(NCc2cc(Br)c(OC)c(Br)c2)c1. The lowest BCUT2D eigenvalue weighted by Crippen LogP contribution is -2.00. The molecule has 5 heteroatoms. The van der Waals surface area contributed by atoms with Crippen LogP contribution >= 0.6 is 31.9 Å². The van der Waals surface area contributed by atoms with Crippen LogP contribution in [0.3, 0.4) is 0 Å². The number of hydrogen-bond acceptors (Lipinski definition) is 3. The smallest absolute Gasteiger partial charge is 0.147 e. The average Bonchev–Trinajstić information content (AvgIpc) is 2.45. The number of nitrogens with one attached hydrogen (secondary N) is 1. The van der Waals surface area contributed by atoms with Gasteiger partial charge in [-0.3, -0.25) is 0 Å². The van der Waals surface area contributed by atoms with E-state index in [1.165, 1.54) is 0 Å². The zero-order chi connectivity index (χ0) is 14.5. The van der Waals surface area contributed by atoms with Gasteiger partial charge in [0.25, 0.3) is 0 Å². The molecule has 0 heterocycles. The van der Waals surface area contributed by atoms with E-state index in [0.29, 0.717) is 6.54 Å². The fourth-order valence-corrected chi connectivity index (χ4v) is 3.45. The maximum absolute atomic E-state index is 5.29. The van der Waals surface area contributed by atoms with E-state index in [-0.39, 0.29) is 0 Å². The summed E-state index contributed by atoms with van der Waals surface area (Å²) in [6.07, 6.45) is 0. The zero-order valence-electron chi connectivity index (χ0n) is 11.2. The van der Waals surface area contributed by atoms with Gasteiger partial charge in [0.1, 0.15) is 11.5 Å². The molecule has 106 valence electrons. The summed E-state index contributed by atoms with van der Waals surface area (Å²) in [6, 6.07) is 11.9. The number of rotatable bonds is 5. The van der Waals surface area contributed by atoms with Crippen molar-refractivity contribution >= 4 is 37.5 Å². The van der Waals surface area contributed by atoms with Crippen LogP contribution in [0.15, 0.2) is 45.3 Å². The third-order valence-corrected chi connectivity index (χ3v) is 4.01. The first-order valence-corrected chi connectivity index (χ1v) is 7.62. The van der Waals surface area contributed by atoms with Crippen molar-refractivity contribution in [1.29, 1.82) is 0 Å². The highest BCUT2D eigenvalue weighted by Gasteiger charge is 2.07. The Morgan fingerprint density at radius 2 is 1.70 bits per heavy atom. The molecule has 0 fully saturated rings. The van der Waals surface area contributed by atoms with Crippen LogP contribution in [-0.2, 0) is 6.54 Å². The summed E-state index contributed by atoms with van der Waals surface area (Å²) in [4.78, 5) is 0. The molecule has 3 nitrogen and oxygen atoms in total. The van der Waals surface area contributed by atoms with Crippen LogP contribution in [0.4, 0.5) is 5.69 Å². The summed E-state index contributed by atoms with van der Waals surface area (Å²) in [5.41, 5.74) is 2.17. The molecule has 1 N–H and O–H groups in total. The Labute approximate surface area is 135 Å². The molecule has 0 aliphatic heterocycles. The van der Waals surface area contributed by atoms with Gasteiger partial charge < -0.3 is 14.8 Å². The van der Waals surface area contributed by atoms with Crippen LogP contribution < -0.4 is 14.8 Å². The highest BCUT2D eigenvalue weighted by atomic mass is 79.9. The molecule has 0 spiro atoms. The molecule has 0 aromatic heterocycles. The van der Waals surface area contributed by atoms with Crippen molar-refractivity contribution in [2.45, 2.75) is 6.54 Å². The Balaban J connectivity index is 2.10. The Morgan fingerprint density at radius 3 is 2.30 bits per heavy atom. The van der Waals surface area contributed by atoms with Crippen molar-refractivity contribution in [2.24, 2.45) is 0 Å². The molecule has 0 bridgehead atoms. The largest absolute Gasteiger partial charge is 0.497 e. The summed E-state index contributed by atoms with van der Waals surface area (Å²) in [5, 5.41) is 3.37. The molecular weight excluding hydrogens is 386 g/mol. The Hall–Kier alpha value is -1.20. The second kappa shape index (κ2) is 6.99. The predicted octanol–water partition coefficient (Wildman–Crippen LogP) is 4.84. The zero-order valence-corrected chi connectivity index (χ0v) is 14.4. The van der Waals surface area contributed by atoms with Gasteiger partial charge in [0, 0.05) is 18.3 Å². The molecule has 0 unspecified atom stereocenters. The molecule has 0 aliphatic rings. The third kappa shape index (κ3) is 3.67. The monoisotopic (exact) mass is 399 g/mol. The number of anilines is 1. The first kappa shape index (κ1) is 15.2. The van der Waals surface area contributed by atoms with Gasteiger partial charge in [0.2, 0.25) is 0 Å². The summed E-state index contributed by atoms with van der Waals surface area (Å²) < 4.78 is 12.4. The van der Waals surface area contributed by atoms with Crippen molar-refractivity contribution in [2.75, 3.05) is 19.5 Å². The Bertz CT molecular complexity index is 579. The fraction of sp³-hybridized carbons (Fsp3) is 0.200.